The summed E-state index contributed by atoms with van der Waals surface area (Å²) in [6, 6.07) is 11.5. The van der Waals surface area contributed by atoms with Crippen LogP contribution >= 0.6 is 23.2 Å². The summed E-state index contributed by atoms with van der Waals surface area (Å²) in [5.74, 6) is -1.03. The number of fused-ring (bicyclic) bond motifs is 4. The van der Waals surface area contributed by atoms with Crippen molar-refractivity contribution in [2.75, 3.05) is 5.32 Å². The van der Waals surface area contributed by atoms with E-state index in [1.54, 1.807) is 49.4 Å². The SMILES string of the molecule is CC1CCCC(c2ccc(-c3cc(Cl)ccc3-n3cc(Cl)nn3)oc2=O)c2cc(ccn2)-c2c(cnn2C(F)F)NC1=O. The van der Waals surface area contributed by atoms with Crippen LogP contribution in [0.1, 0.15) is 49.9 Å². The Hall–Kier alpha value is -4.42. The van der Waals surface area contributed by atoms with Crippen LogP contribution < -0.4 is 10.9 Å². The number of hydrogen-bond acceptors (Lipinski definition) is 7. The van der Waals surface area contributed by atoms with Gasteiger partial charge in [-0.1, -0.05) is 41.8 Å². The molecule has 0 radical (unpaired) electrons. The van der Waals surface area contributed by atoms with Gasteiger partial charge in [-0.25, -0.2) is 14.2 Å². The fraction of sp³-hybridized carbons (Fsp3) is 0.241. The maximum Gasteiger partial charge on any atom is 0.340 e. The van der Waals surface area contributed by atoms with Crippen molar-refractivity contribution >= 4 is 34.8 Å². The number of alkyl halides is 2. The molecule has 1 amide bonds. The third kappa shape index (κ3) is 5.67. The molecule has 0 fully saturated rings. The average molecular weight is 626 g/mol. The highest BCUT2D eigenvalue weighted by molar-refractivity contribution is 6.31. The molecule has 1 N–H and O–H groups in total. The van der Waals surface area contributed by atoms with Gasteiger partial charge in [0, 0.05) is 45.4 Å². The summed E-state index contributed by atoms with van der Waals surface area (Å²) in [7, 11) is 0. The zero-order chi connectivity index (χ0) is 30.2. The molecule has 2 atom stereocenters. The normalized spacial score (nSPS) is 17.2. The highest BCUT2D eigenvalue weighted by Gasteiger charge is 2.27. The van der Waals surface area contributed by atoms with E-state index in [1.807, 2.05) is 0 Å². The lowest BCUT2D eigenvalue weighted by molar-refractivity contribution is -0.119. The van der Waals surface area contributed by atoms with E-state index in [2.05, 4.69) is 25.7 Å². The first kappa shape index (κ1) is 28.7. The smallest absolute Gasteiger partial charge is 0.340 e. The summed E-state index contributed by atoms with van der Waals surface area (Å²) in [6.45, 7) is -1.18. The van der Waals surface area contributed by atoms with E-state index in [4.69, 9.17) is 27.6 Å². The van der Waals surface area contributed by atoms with Gasteiger partial charge in [-0.3, -0.25) is 9.78 Å². The lowest BCUT2D eigenvalue weighted by Crippen LogP contribution is -2.22. The third-order valence-electron chi connectivity index (χ3n) is 7.39. The zero-order valence-electron chi connectivity index (χ0n) is 22.5. The molecular formula is C29H23Cl2F2N7O3. The molecule has 5 heterocycles. The maximum atomic E-state index is 13.9. The molecule has 220 valence electrons. The van der Waals surface area contributed by atoms with Crippen molar-refractivity contribution in [3.05, 3.63) is 92.9 Å². The van der Waals surface area contributed by atoms with Crippen molar-refractivity contribution in [3.63, 3.8) is 0 Å². The molecule has 0 aliphatic carbocycles. The standard InChI is InChI=1S/C29H23Cl2F2N7O3/c1-15-3-2-4-18(21-11-16(9-10-34-21)26-22(36-27(15)41)13-35-40(26)29(32)33)19-6-8-24(43-28(19)42)20-12-17(30)5-7-23(20)39-14-25(31)37-38-39/h5-15,18,29H,2-4H2,1H3,(H,36,41). The summed E-state index contributed by atoms with van der Waals surface area (Å²) < 4.78 is 35.7. The van der Waals surface area contributed by atoms with Crippen LogP contribution in [0, 0.1) is 5.92 Å². The Balaban J connectivity index is 1.45. The van der Waals surface area contributed by atoms with Crippen LogP contribution in [-0.2, 0) is 4.79 Å². The van der Waals surface area contributed by atoms with Crippen molar-refractivity contribution in [2.24, 2.45) is 5.92 Å². The van der Waals surface area contributed by atoms with Crippen LogP contribution in [0.3, 0.4) is 0 Å². The van der Waals surface area contributed by atoms with Gasteiger partial charge < -0.3 is 9.73 Å². The number of hydrogen-bond donors (Lipinski definition) is 1. The Labute approximate surface area is 253 Å². The van der Waals surface area contributed by atoms with Crippen LogP contribution in [0.4, 0.5) is 14.5 Å². The molecule has 5 aromatic rings. The number of carbonyl (C=O) groups excluding carboxylic acids is 1. The largest absolute Gasteiger partial charge is 0.422 e. The summed E-state index contributed by atoms with van der Waals surface area (Å²) >= 11 is 12.2. The molecule has 43 heavy (non-hydrogen) atoms. The predicted octanol–water partition coefficient (Wildman–Crippen LogP) is 6.74. The maximum absolute atomic E-state index is 13.9. The number of halogens is 4. The number of nitrogens with zero attached hydrogens (tertiary/aromatic N) is 6. The molecule has 2 bridgehead atoms. The fourth-order valence-corrected chi connectivity index (χ4v) is 5.55. The number of anilines is 1. The Morgan fingerprint density at radius 3 is 2.67 bits per heavy atom. The second kappa shape index (κ2) is 11.7. The Bertz CT molecular complexity index is 1890. The molecule has 14 heteroatoms. The molecule has 1 aliphatic heterocycles. The van der Waals surface area contributed by atoms with Crippen LogP contribution in [0.25, 0.3) is 28.3 Å². The van der Waals surface area contributed by atoms with Crippen LogP contribution in [0.15, 0.2) is 70.3 Å². The van der Waals surface area contributed by atoms with E-state index in [9.17, 15) is 18.4 Å². The van der Waals surface area contributed by atoms with Crippen molar-refractivity contribution in [2.45, 2.75) is 38.7 Å². The van der Waals surface area contributed by atoms with Crippen LogP contribution in [-0.4, -0.2) is 35.7 Å². The molecular weight excluding hydrogens is 603 g/mol. The van der Waals surface area contributed by atoms with E-state index in [-0.39, 0.29) is 28.2 Å². The number of pyridine rings is 1. The van der Waals surface area contributed by atoms with Crippen LogP contribution in [0.5, 0.6) is 0 Å². The molecule has 0 spiro atoms. The lowest BCUT2D eigenvalue weighted by Gasteiger charge is -2.20. The molecule has 4 aromatic heterocycles. The van der Waals surface area contributed by atoms with Crippen LogP contribution in [0.2, 0.25) is 10.2 Å². The van der Waals surface area contributed by atoms with Crippen molar-refractivity contribution in [3.8, 4) is 28.3 Å². The average Bonchev–Trinajstić information content (AvgIpc) is 3.61. The first-order valence-electron chi connectivity index (χ1n) is 13.3. The van der Waals surface area contributed by atoms with Crippen molar-refractivity contribution < 1.29 is 18.0 Å². The number of aromatic nitrogens is 6. The molecule has 2 unspecified atom stereocenters. The third-order valence-corrected chi connectivity index (χ3v) is 7.80. The lowest BCUT2D eigenvalue weighted by atomic mass is 9.88. The highest BCUT2D eigenvalue weighted by Crippen LogP contribution is 2.37. The first-order chi connectivity index (χ1) is 20.7. The van der Waals surface area contributed by atoms with E-state index in [1.165, 1.54) is 23.3 Å². The molecule has 0 saturated carbocycles. The number of amides is 1. The van der Waals surface area contributed by atoms with E-state index < -0.39 is 24.0 Å². The van der Waals surface area contributed by atoms with Gasteiger partial charge in [-0.05, 0) is 55.3 Å². The minimum atomic E-state index is -2.94. The summed E-state index contributed by atoms with van der Waals surface area (Å²) in [5.41, 5.74) is 1.83. The Kier molecular flexibility index (Phi) is 7.80. The quantitative estimate of drug-likeness (QED) is 0.235. The monoisotopic (exact) mass is 625 g/mol. The zero-order valence-corrected chi connectivity index (χ0v) is 24.1. The predicted molar refractivity (Wildman–Crippen MR) is 156 cm³/mol. The Morgan fingerprint density at radius 2 is 1.93 bits per heavy atom. The Morgan fingerprint density at radius 1 is 1.09 bits per heavy atom. The van der Waals surface area contributed by atoms with Gasteiger partial charge in [-0.15, -0.1) is 5.10 Å². The van der Waals surface area contributed by atoms with Gasteiger partial charge >= 0.3 is 12.2 Å². The van der Waals surface area contributed by atoms with Gasteiger partial charge in [-0.2, -0.15) is 13.9 Å². The number of nitrogens with one attached hydrogen (secondary N) is 1. The van der Waals surface area contributed by atoms with E-state index in [0.29, 0.717) is 57.0 Å². The van der Waals surface area contributed by atoms with Gasteiger partial charge in [0.05, 0.1) is 29.5 Å². The number of carbonyl (C=O) groups is 1. The summed E-state index contributed by atoms with van der Waals surface area (Å²) in [6.07, 6.45) is 5.74. The number of rotatable bonds is 4. The topological polar surface area (TPSA) is 121 Å². The minimum Gasteiger partial charge on any atom is -0.422 e. The molecule has 0 saturated heterocycles. The van der Waals surface area contributed by atoms with Gasteiger partial charge in [0.1, 0.15) is 5.76 Å². The summed E-state index contributed by atoms with van der Waals surface area (Å²) in [5, 5.41) is 15.0. The second-order valence-corrected chi connectivity index (χ2v) is 11.0. The molecule has 6 rings (SSSR count). The number of benzene rings is 1. The van der Waals surface area contributed by atoms with Gasteiger partial charge in [0.2, 0.25) is 5.91 Å². The van der Waals surface area contributed by atoms with Gasteiger partial charge in [0.15, 0.2) is 5.15 Å². The molecule has 1 aliphatic rings. The van der Waals surface area contributed by atoms with E-state index in [0.717, 1.165) is 0 Å². The molecule has 1 aromatic carbocycles. The highest BCUT2D eigenvalue weighted by atomic mass is 35.5. The molecule has 10 nitrogen and oxygen atoms in total. The summed E-state index contributed by atoms with van der Waals surface area (Å²) in [4.78, 5) is 31.0. The van der Waals surface area contributed by atoms with Gasteiger partial charge in [0.25, 0.3) is 0 Å². The fourth-order valence-electron chi connectivity index (χ4n) is 5.25. The van der Waals surface area contributed by atoms with Crippen molar-refractivity contribution in [1.29, 1.82) is 0 Å². The first-order valence-corrected chi connectivity index (χ1v) is 14.1. The van der Waals surface area contributed by atoms with E-state index >= 15 is 0 Å². The van der Waals surface area contributed by atoms with Crippen molar-refractivity contribution in [1.82, 2.24) is 29.8 Å². The minimum absolute atomic E-state index is 0.0441. The second-order valence-electron chi connectivity index (χ2n) is 10.2.